The van der Waals surface area contributed by atoms with Crippen molar-refractivity contribution in [1.29, 1.82) is 0 Å². The summed E-state index contributed by atoms with van der Waals surface area (Å²) in [5.74, 6) is 1.69. The van der Waals surface area contributed by atoms with E-state index in [-0.39, 0.29) is 5.54 Å². The molecule has 0 fully saturated rings. The van der Waals surface area contributed by atoms with E-state index in [9.17, 15) is 0 Å². The van der Waals surface area contributed by atoms with Gasteiger partial charge in [-0.15, -0.1) is 0 Å². The second-order valence-corrected chi connectivity index (χ2v) is 4.92. The highest BCUT2D eigenvalue weighted by atomic mass is 16.3. The molecule has 4 nitrogen and oxygen atoms in total. The zero-order valence-corrected chi connectivity index (χ0v) is 10.1. The molecule has 0 radical (unpaired) electrons. The summed E-state index contributed by atoms with van der Waals surface area (Å²) >= 11 is 0. The molecule has 0 aliphatic heterocycles. The van der Waals surface area contributed by atoms with Gasteiger partial charge < -0.3 is 9.73 Å². The Morgan fingerprint density at radius 3 is 2.69 bits per heavy atom. The molecule has 86 valence electrons. The van der Waals surface area contributed by atoms with Gasteiger partial charge in [-0.05, 0) is 39.8 Å². The lowest BCUT2D eigenvalue weighted by Crippen LogP contribution is -2.26. The highest BCUT2D eigenvalue weighted by Gasteiger charge is 2.17. The maximum absolute atomic E-state index is 5.34. The molecule has 0 bridgehead atoms. The van der Waals surface area contributed by atoms with Gasteiger partial charge in [0.1, 0.15) is 5.69 Å². The smallest absolute Gasteiger partial charge is 0.151 e. The SMILES string of the molecule is Cc1c(NC(C)(C)C)n[nH]c1-c1ccco1. The molecule has 0 spiro atoms. The van der Waals surface area contributed by atoms with E-state index in [2.05, 4.69) is 36.3 Å². The van der Waals surface area contributed by atoms with Crippen molar-refractivity contribution in [3.8, 4) is 11.5 Å². The van der Waals surface area contributed by atoms with E-state index in [0.29, 0.717) is 0 Å². The maximum atomic E-state index is 5.34. The molecule has 4 heteroatoms. The number of hydrogen-bond donors (Lipinski definition) is 2. The van der Waals surface area contributed by atoms with Crippen LogP contribution in [0.5, 0.6) is 0 Å². The van der Waals surface area contributed by atoms with Gasteiger partial charge in [-0.25, -0.2) is 0 Å². The Morgan fingerprint density at radius 1 is 1.38 bits per heavy atom. The molecule has 0 amide bonds. The van der Waals surface area contributed by atoms with Crippen LogP contribution >= 0.6 is 0 Å². The van der Waals surface area contributed by atoms with Gasteiger partial charge in [-0.1, -0.05) is 0 Å². The molecule has 2 rings (SSSR count). The minimum atomic E-state index is 0.000384. The van der Waals surface area contributed by atoms with Crippen LogP contribution in [0.15, 0.2) is 22.8 Å². The minimum absolute atomic E-state index is 0.000384. The normalized spacial score (nSPS) is 11.8. The molecule has 2 aromatic heterocycles. The maximum Gasteiger partial charge on any atom is 0.151 e. The largest absolute Gasteiger partial charge is 0.463 e. The monoisotopic (exact) mass is 219 g/mol. The molecule has 0 aliphatic rings. The van der Waals surface area contributed by atoms with Crippen LogP contribution in [0, 0.1) is 6.92 Å². The fourth-order valence-electron chi connectivity index (χ4n) is 1.54. The summed E-state index contributed by atoms with van der Waals surface area (Å²) in [6, 6.07) is 3.79. The van der Waals surface area contributed by atoms with Crippen LogP contribution in [0.1, 0.15) is 26.3 Å². The predicted octanol–water partition coefficient (Wildman–Crippen LogP) is 3.19. The molecule has 2 heterocycles. The Hall–Kier alpha value is -1.71. The third-order valence-corrected chi connectivity index (χ3v) is 2.27. The first kappa shape index (κ1) is 10.8. The molecular formula is C12H17N3O. The van der Waals surface area contributed by atoms with Crippen molar-refractivity contribution in [3.05, 3.63) is 24.0 Å². The number of furan rings is 1. The van der Waals surface area contributed by atoms with Gasteiger partial charge in [0, 0.05) is 11.1 Å². The van der Waals surface area contributed by atoms with Gasteiger partial charge in [0.15, 0.2) is 11.6 Å². The number of hydrogen-bond acceptors (Lipinski definition) is 3. The van der Waals surface area contributed by atoms with Gasteiger partial charge in [0.25, 0.3) is 0 Å². The molecule has 0 aromatic carbocycles. The van der Waals surface area contributed by atoms with E-state index in [1.807, 2.05) is 19.1 Å². The average Bonchev–Trinajstić information content (AvgIpc) is 2.75. The molecular weight excluding hydrogens is 202 g/mol. The summed E-state index contributed by atoms with van der Waals surface area (Å²) < 4.78 is 5.34. The second-order valence-electron chi connectivity index (χ2n) is 4.92. The summed E-state index contributed by atoms with van der Waals surface area (Å²) in [5, 5.41) is 10.6. The molecule has 16 heavy (non-hydrogen) atoms. The summed E-state index contributed by atoms with van der Waals surface area (Å²) in [7, 11) is 0. The molecule has 0 saturated heterocycles. The lowest BCUT2D eigenvalue weighted by atomic mass is 10.1. The van der Waals surface area contributed by atoms with Crippen molar-refractivity contribution in [1.82, 2.24) is 10.2 Å². The first-order valence-corrected chi connectivity index (χ1v) is 5.34. The quantitative estimate of drug-likeness (QED) is 0.815. The molecule has 2 aromatic rings. The van der Waals surface area contributed by atoms with Crippen molar-refractivity contribution in [3.63, 3.8) is 0 Å². The fraction of sp³-hybridized carbons (Fsp3) is 0.417. The summed E-state index contributed by atoms with van der Waals surface area (Å²) in [6.07, 6.45) is 1.66. The van der Waals surface area contributed by atoms with Gasteiger partial charge in [-0.3, -0.25) is 5.10 Å². The third-order valence-electron chi connectivity index (χ3n) is 2.27. The van der Waals surface area contributed by atoms with Crippen LogP contribution in [-0.2, 0) is 0 Å². The van der Waals surface area contributed by atoms with Gasteiger partial charge >= 0.3 is 0 Å². The van der Waals surface area contributed by atoms with Crippen LogP contribution in [0.25, 0.3) is 11.5 Å². The van der Waals surface area contributed by atoms with E-state index in [1.165, 1.54) is 0 Å². The van der Waals surface area contributed by atoms with Crippen molar-refractivity contribution in [2.45, 2.75) is 33.2 Å². The van der Waals surface area contributed by atoms with Crippen molar-refractivity contribution >= 4 is 5.82 Å². The Kier molecular flexibility index (Phi) is 2.50. The Bertz CT molecular complexity index is 463. The summed E-state index contributed by atoms with van der Waals surface area (Å²) in [6.45, 7) is 8.34. The summed E-state index contributed by atoms with van der Waals surface area (Å²) in [5.41, 5.74) is 2.00. The lowest BCUT2D eigenvalue weighted by molar-refractivity contribution is 0.579. The molecule has 2 N–H and O–H groups in total. The standard InChI is InChI=1S/C12H17N3O/c1-8-10(9-6-5-7-16-9)14-15-11(8)13-12(2,3)4/h5-7H,1-4H3,(H2,13,14,15). The number of aromatic nitrogens is 2. The van der Waals surface area contributed by atoms with E-state index in [0.717, 1.165) is 22.8 Å². The summed E-state index contributed by atoms with van der Waals surface area (Å²) in [4.78, 5) is 0. The minimum Gasteiger partial charge on any atom is -0.463 e. The third kappa shape index (κ3) is 2.10. The first-order valence-electron chi connectivity index (χ1n) is 5.34. The van der Waals surface area contributed by atoms with E-state index in [4.69, 9.17) is 4.42 Å². The number of rotatable bonds is 2. The molecule has 0 unspecified atom stereocenters. The van der Waals surface area contributed by atoms with Crippen LogP contribution in [0.3, 0.4) is 0 Å². The second kappa shape index (κ2) is 3.70. The highest BCUT2D eigenvalue weighted by Crippen LogP contribution is 2.27. The van der Waals surface area contributed by atoms with Crippen molar-refractivity contribution in [2.24, 2.45) is 0 Å². The molecule has 0 atom stereocenters. The topological polar surface area (TPSA) is 53.9 Å². The molecule has 0 aliphatic carbocycles. The van der Waals surface area contributed by atoms with Gasteiger partial charge in [0.05, 0.1) is 6.26 Å². The zero-order chi connectivity index (χ0) is 11.8. The first-order chi connectivity index (χ1) is 7.47. The van der Waals surface area contributed by atoms with Crippen molar-refractivity contribution < 1.29 is 4.42 Å². The highest BCUT2D eigenvalue weighted by molar-refractivity contribution is 5.64. The van der Waals surface area contributed by atoms with Crippen LogP contribution in [0.4, 0.5) is 5.82 Å². The Morgan fingerprint density at radius 2 is 2.12 bits per heavy atom. The number of nitrogens with one attached hydrogen (secondary N) is 2. The Labute approximate surface area is 95.1 Å². The zero-order valence-electron chi connectivity index (χ0n) is 10.1. The van der Waals surface area contributed by atoms with E-state index in [1.54, 1.807) is 6.26 Å². The van der Waals surface area contributed by atoms with Crippen LogP contribution in [-0.4, -0.2) is 15.7 Å². The average molecular weight is 219 g/mol. The van der Waals surface area contributed by atoms with Crippen molar-refractivity contribution in [2.75, 3.05) is 5.32 Å². The van der Waals surface area contributed by atoms with E-state index < -0.39 is 0 Å². The van der Waals surface area contributed by atoms with Gasteiger partial charge in [-0.2, -0.15) is 5.10 Å². The predicted molar refractivity (Wildman–Crippen MR) is 64.4 cm³/mol. The number of anilines is 1. The molecule has 0 saturated carbocycles. The number of H-pyrrole nitrogens is 1. The lowest BCUT2D eigenvalue weighted by Gasteiger charge is -2.20. The van der Waals surface area contributed by atoms with Crippen LogP contribution < -0.4 is 5.32 Å². The number of aromatic amines is 1. The Balaban J connectivity index is 2.32. The number of nitrogens with zero attached hydrogens (tertiary/aromatic N) is 1. The van der Waals surface area contributed by atoms with Crippen LogP contribution in [0.2, 0.25) is 0 Å². The van der Waals surface area contributed by atoms with E-state index >= 15 is 0 Å². The fourth-order valence-corrected chi connectivity index (χ4v) is 1.54. The van der Waals surface area contributed by atoms with Gasteiger partial charge in [0.2, 0.25) is 0 Å².